The number of nitrogens with zero attached hydrogens (tertiary/aromatic N) is 1. The minimum Gasteiger partial charge on any atom is -0.314 e. The average Bonchev–Trinajstić information content (AvgIpc) is 2.11. The van der Waals surface area contributed by atoms with Gasteiger partial charge in [0.25, 0.3) is 10.1 Å². The zero-order valence-corrected chi connectivity index (χ0v) is 11.1. The summed E-state index contributed by atoms with van der Waals surface area (Å²) in [6.45, 7) is 8.38. The highest BCUT2D eigenvalue weighted by Crippen LogP contribution is 2.08. The van der Waals surface area contributed by atoms with E-state index in [1.54, 1.807) is 0 Å². The SMILES string of the molecule is CC[N+](CC)(CC)CS(=O)CS(=O)(=O)O. The summed E-state index contributed by atoms with van der Waals surface area (Å²) in [5.74, 6) is 0.281. The normalized spacial score (nSPS) is 15.2. The molecule has 0 aromatic rings. The van der Waals surface area contributed by atoms with Crippen LogP contribution in [0.15, 0.2) is 0 Å². The fourth-order valence-electron chi connectivity index (χ4n) is 1.45. The molecule has 1 N–H and O–H groups in total. The van der Waals surface area contributed by atoms with Crippen LogP contribution in [0, 0.1) is 0 Å². The molecule has 5 nitrogen and oxygen atoms in total. The largest absolute Gasteiger partial charge is 0.314 e. The van der Waals surface area contributed by atoms with Crippen molar-refractivity contribution in [2.75, 3.05) is 30.6 Å². The molecule has 0 bridgehead atoms. The van der Waals surface area contributed by atoms with Crippen molar-refractivity contribution in [1.82, 2.24) is 0 Å². The molecule has 0 aliphatic heterocycles. The molecule has 0 amide bonds. The first kappa shape index (κ1) is 15.0. The Labute approximate surface area is 94.3 Å². The van der Waals surface area contributed by atoms with Gasteiger partial charge in [-0.1, -0.05) is 0 Å². The van der Waals surface area contributed by atoms with Crippen LogP contribution < -0.4 is 0 Å². The van der Waals surface area contributed by atoms with Gasteiger partial charge in [0.2, 0.25) is 0 Å². The molecule has 0 aliphatic carbocycles. The predicted molar refractivity (Wildman–Crippen MR) is 61.3 cm³/mol. The van der Waals surface area contributed by atoms with Crippen LogP contribution in [0.3, 0.4) is 0 Å². The Hall–Kier alpha value is 0.0200. The summed E-state index contributed by atoms with van der Waals surface area (Å²) in [6, 6.07) is 0. The molecule has 0 fully saturated rings. The third kappa shape index (κ3) is 5.60. The third-order valence-corrected chi connectivity index (χ3v) is 5.79. The smallest absolute Gasteiger partial charge is 0.277 e. The second-order valence-corrected chi connectivity index (χ2v) is 6.80. The second kappa shape index (κ2) is 5.93. The summed E-state index contributed by atoms with van der Waals surface area (Å²) >= 11 is 0. The lowest BCUT2D eigenvalue weighted by molar-refractivity contribution is -0.911. The highest BCUT2D eigenvalue weighted by atomic mass is 32.3. The van der Waals surface area contributed by atoms with Crippen LogP contribution in [0.4, 0.5) is 0 Å². The molecular formula is C8H20NO4S2+. The van der Waals surface area contributed by atoms with Crippen LogP contribution in [0.1, 0.15) is 20.8 Å². The highest BCUT2D eigenvalue weighted by molar-refractivity contribution is 8.02. The van der Waals surface area contributed by atoms with Gasteiger partial charge in [-0.25, -0.2) is 0 Å². The zero-order valence-electron chi connectivity index (χ0n) is 9.47. The summed E-state index contributed by atoms with van der Waals surface area (Å²) in [4.78, 5) is 0. The Morgan fingerprint density at radius 2 is 1.53 bits per heavy atom. The predicted octanol–water partition coefficient (Wildman–Crippen LogP) is 0.414. The second-order valence-electron chi connectivity index (χ2n) is 3.56. The number of hydrogen-bond acceptors (Lipinski definition) is 3. The van der Waals surface area contributed by atoms with Crippen molar-refractivity contribution >= 4 is 20.9 Å². The minimum atomic E-state index is -4.13. The van der Waals surface area contributed by atoms with E-state index in [4.69, 9.17) is 4.55 Å². The van der Waals surface area contributed by atoms with Crippen LogP contribution in [0.25, 0.3) is 0 Å². The van der Waals surface area contributed by atoms with Gasteiger partial charge in [-0.2, -0.15) is 8.42 Å². The Balaban J connectivity index is 4.50. The Morgan fingerprint density at radius 1 is 1.13 bits per heavy atom. The number of hydrogen-bond donors (Lipinski definition) is 1. The van der Waals surface area contributed by atoms with Gasteiger partial charge in [0.1, 0.15) is 0 Å². The van der Waals surface area contributed by atoms with E-state index in [0.717, 1.165) is 19.6 Å². The van der Waals surface area contributed by atoms with Gasteiger partial charge in [0, 0.05) is 0 Å². The van der Waals surface area contributed by atoms with Crippen LogP contribution in [-0.2, 0) is 20.9 Å². The van der Waals surface area contributed by atoms with Crippen LogP contribution in [-0.4, -0.2) is 52.3 Å². The molecule has 0 aliphatic rings. The first-order valence-electron chi connectivity index (χ1n) is 4.93. The molecule has 0 aromatic heterocycles. The maximum absolute atomic E-state index is 11.5. The van der Waals surface area contributed by atoms with E-state index < -0.39 is 26.0 Å². The summed E-state index contributed by atoms with van der Waals surface area (Å²) in [7, 11) is -5.65. The van der Waals surface area contributed by atoms with Crippen molar-refractivity contribution in [3.8, 4) is 0 Å². The maximum Gasteiger partial charge on any atom is 0.277 e. The molecule has 0 spiro atoms. The standard InChI is InChI=1S/C8H19NO4S2/c1-4-9(5-2,6-3)7-14(10)8-15(11,12)13/h4-8H2,1-3H3/p+1. The van der Waals surface area contributed by atoms with Gasteiger partial charge in [-0.15, -0.1) is 0 Å². The molecule has 1 atom stereocenters. The lowest BCUT2D eigenvalue weighted by Crippen LogP contribution is -2.50. The molecule has 7 heteroatoms. The number of quaternary nitrogens is 1. The minimum absolute atomic E-state index is 0.281. The van der Waals surface area contributed by atoms with Crippen molar-refractivity contribution in [3.63, 3.8) is 0 Å². The van der Waals surface area contributed by atoms with Crippen LogP contribution >= 0.6 is 0 Å². The maximum atomic E-state index is 11.5. The first-order valence-corrected chi connectivity index (χ1v) is 8.03. The van der Waals surface area contributed by atoms with Gasteiger partial charge in [-0.3, -0.25) is 8.76 Å². The molecule has 0 saturated heterocycles. The molecule has 0 aromatic carbocycles. The lowest BCUT2D eigenvalue weighted by atomic mass is 10.4. The van der Waals surface area contributed by atoms with Crippen molar-refractivity contribution in [1.29, 1.82) is 0 Å². The van der Waals surface area contributed by atoms with E-state index in [-0.39, 0.29) is 5.88 Å². The highest BCUT2D eigenvalue weighted by Gasteiger charge is 2.25. The number of rotatable bonds is 7. The Morgan fingerprint density at radius 3 is 1.80 bits per heavy atom. The van der Waals surface area contributed by atoms with E-state index in [1.165, 1.54) is 0 Å². The van der Waals surface area contributed by atoms with E-state index in [0.29, 0.717) is 4.48 Å². The Bertz CT molecular complexity index is 300. The summed E-state index contributed by atoms with van der Waals surface area (Å²) in [5, 5.41) is -0.660. The fraction of sp³-hybridized carbons (Fsp3) is 1.00. The summed E-state index contributed by atoms with van der Waals surface area (Å²) in [5.41, 5.74) is 0. The van der Waals surface area contributed by atoms with Gasteiger partial charge in [0.05, 0.1) is 30.4 Å². The van der Waals surface area contributed by atoms with Crippen molar-refractivity contribution < 1.29 is 21.7 Å². The quantitative estimate of drug-likeness (QED) is 0.530. The Kier molecular flexibility index (Phi) is 5.94. The topological polar surface area (TPSA) is 71.4 Å². The average molecular weight is 258 g/mol. The van der Waals surface area contributed by atoms with Gasteiger partial charge < -0.3 is 4.48 Å². The molecule has 92 valence electrons. The summed E-state index contributed by atoms with van der Waals surface area (Å²) < 4.78 is 41.8. The van der Waals surface area contributed by atoms with Gasteiger partial charge >= 0.3 is 0 Å². The molecule has 0 radical (unpaired) electrons. The van der Waals surface area contributed by atoms with E-state index in [1.807, 2.05) is 20.8 Å². The van der Waals surface area contributed by atoms with E-state index in [2.05, 4.69) is 0 Å². The van der Waals surface area contributed by atoms with Gasteiger partial charge in [-0.05, 0) is 20.8 Å². The summed E-state index contributed by atoms with van der Waals surface area (Å²) in [6.07, 6.45) is 0. The van der Waals surface area contributed by atoms with E-state index >= 15 is 0 Å². The first-order chi connectivity index (χ1) is 6.78. The van der Waals surface area contributed by atoms with Crippen LogP contribution in [0.2, 0.25) is 0 Å². The molecule has 0 rings (SSSR count). The zero-order chi connectivity index (χ0) is 12.1. The fourth-order valence-corrected chi connectivity index (χ4v) is 4.24. The van der Waals surface area contributed by atoms with Gasteiger partial charge in [0.15, 0.2) is 11.0 Å². The van der Waals surface area contributed by atoms with Crippen molar-refractivity contribution in [2.45, 2.75) is 20.8 Å². The third-order valence-electron chi connectivity index (χ3n) is 2.71. The monoisotopic (exact) mass is 258 g/mol. The molecule has 0 saturated carbocycles. The van der Waals surface area contributed by atoms with E-state index in [9.17, 15) is 12.6 Å². The molecular weight excluding hydrogens is 238 g/mol. The van der Waals surface area contributed by atoms with Crippen molar-refractivity contribution in [3.05, 3.63) is 0 Å². The molecule has 0 heterocycles. The molecule has 15 heavy (non-hydrogen) atoms. The lowest BCUT2D eigenvalue weighted by Gasteiger charge is -2.34. The molecule has 1 unspecified atom stereocenters. The van der Waals surface area contributed by atoms with Crippen LogP contribution in [0.5, 0.6) is 0 Å². The van der Waals surface area contributed by atoms with Crippen molar-refractivity contribution in [2.24, 2.45) is 0 Å².